The molecule has 1 atom stereocenters. The van der Waals surface area contributed by atoms with Gasteiger partial charge in [-0.25, -0.2) is 0 Å². The maximum Gasteiger partial charge on any atom is 0.471 e. The number of amides is 1. The van der Waals surface area contributed by atoms with Crippen molar-refractivity contribution in [2.45, 2.75) is 18.6 Å². The van der Waals surface area contributed by atoms with Crippen LogP contribution in [0.5, 0.6) is 0 Å². The van der Waals surface area contributed by atoms with Crippen molar-refractivity contribution in [3.8, 4) is 0 Å². The van der Waals surface area contributed by atoms with Gasteiger partial charge < -0.3 is 10.4 Å². The molecule has 0 saturated heterocycles. The van der Waals surface area contributed by atoms with Crippen LogP contribution in [0.3, 0.4) is 0 Å². The van der Waals surface area contributed by atoms with Crippen molar-refractivity contribution in [1.82, 2.24) is 5.32 Å². The Morgan fingerprint density at radius 2 is 1.78 bits per heavy atom. The zero-order chi connectivity index (χ0) is 13.8. The Morgan fingerprint density at radius 3 is 2.22 bits per heavy atom. The van der Waals surface area contributed by atoms with E-state index in [2.05, 4.69) is 0 Å². The van der Waals surface area contributed by atoms with Gasteiger partial charge >= 0.3 is 18.1 Å². The van der Waals surface area contributed by atoms with Crippen LogP contribution in [0.2, 0.25) is 0 Å². The number of rotatable bonds is 4. The molecule has 0 aromatic heterocycles. The fourth-order valence-corrected chi connectivity index (χ4v) is 1.35. The highest BCUT2D eigenvalue weighted by atomic mass is 19.4. The van der Waals surface area contributed by atoms with Gasteiger partial charge in [0.2, 0.25) is 0 Å². The molecule has 1 amide bonds. The smallest absolute Gasteiger partial charge is 0.471 e. The predicted molar refractivity (Wildman–Crippen MR) is 55.6 cm³/mol. The van der Waals surface area contributed by atoms with E-state index in [9.17, 15) is 22.8 Å². The first kappa shape index (κ1) is 14.0. The lowest BCUT2D eigenvalue weighted by Gasteiger charge is -2.18. The molecule has 4 nitrogen and oxygen atoms in total. The molecule has 1 aromatic carbocycles. The molecule has 0 bridgehead atoms. The van der Waals surface area contributed by atoms with Gasteiger partial charge in [0.25, 0.3) is 0 Å². The van der Waals surface area contributed by atoms with Crippen LogP contribution in [0.25, 0.3) is 0 Å². The molecule has 0 radical (unpaired) electrons. The average Bonchev–Trinajstić information content (AvgIpc) is 2.27. The lowest BCUT2D eigenvalue weighted by atomic mass is 10.0. The molecular formula is C11H10F3NO3. The summed E-state index contributed by atoms with van der Waals surface area (Å²) >= 11 is 0. The maximum absolute atomic E-state index is 12.1. The molecule has 98 valence electrons. The first-order chi connectivity index (χ1) is 8.30. The van der Waals surface area contributed by atoms with Crippen LogP contribution in [0.4, 0.5) is 13.2 Å². The Bertz CT molecular complexity index is 431. The molecule has 1 rings (SSSR count). The van der Waals surface area contributed by atoms with E-state index in [1.165, 1.54) is 12.1 Å². The number of carbonyl (C=O) groups excluding carboxylic acids is 1. The largest absolute Gasteiger partial charge is 0.481 e. The van der Waals surface area contributed by atoms with Crippen molar-refractivity contribution in [1.29, 1.82) is 0 Å². The second-order valence-corrected chi connectivity index (χ2v) is 3.53. The summed E-state index contributed by atoms with van der Waals surface area (Å²) < 4.78 is 36.3. The number of halogens is 3. The highest BCUT2D eigenvalue weighted by molar-refractivity contribution is 5.82. The molecule has 0 heterocycles. The number of aliphatic carboxylic acids is 1. The summed E-state index contributed by atoms with van der Waals surface area (Å²) in [6.45, 7) is 0. The molecule has 0 fully saturated rings. The van der Waals surface area contributed by atoms with Gasteiger partial charge in [-0.05, 0) is 5.56 Å². The normalized spacial score (nSPS) is 12.8. The number of benzene rings is 1. The number of hydrogen-bond acceptors (Lipinski definition) is 2. The number of nitrogens with one attached hydrogen (secondary N) is 1. The number of carboxylic acid groups (broad SMARTS) is 1. The van der Waals surface area contributed by atoms with E-state index in [0.29, 0.717) is 5.56 Å². The van der Waals surface area contributed by atoms with Crippen LogP contribution in [0.1, 0.15) is 18.0 Å². The first-order valence-electron chi connectivity index (χ1n) is 4.95. The number of alkyl halides is 3. The second-order valence-electron chi connectivity index (χ2n) is 3.53. The summed E-state index contributed by atoms with van der Waals surface area (Å²) in [5.41, 5.74) is 0.303. The van der Waals surface area contributed by atoms with Gasteiger partial charge in [0.15, 0.2) is 0 Å². The van der Waals surface area contributed by atoms with Gasteiger partial charge in [0, 0.05) is 0 Å². The Morgan fingerprint density at radius 1 is 1.22 bits per heavy atom. The molecule has 0 aliphatic carbocycles. The highest BCUT2D eigenvalue weighted by Gasteiger charge is 2.40. The third-order valence-electron chi connectivity index (χ3n) is 2.14. The Balaban J connectivity index is 2.87. The zero-order valence-corrected chi connectivity index (χ0v) is 9.07. The SMILES string of the molecule is O=C(O)C[C@H](NC(=O)C(F)(F)F)c1ccccc1. The molecule has 0 saturated carbocycles. The Hall–Kier alpha value is -2.05. The van der Waals surface area contributed by atoms with Crippen molar-refractivity contribution >= 4 is 11.9 Å². The van der Waals surface area contributed by atoms with Gasteiger partial charge in [-0.2, -0.15) is 13.2 Å². The molecule has 2 N–H and O–H groups in total. The molecule has 18 heavy (non-hydrogen) atoms. The van der Waals surface area contributed by atoms with Crippen LogP contribution < -0.4 is 5.32 Å². The number of hydrogen-bond donors (Lipinski definition) is 2. The van der Waals surface area contributed by atoms with Crippen molar-refractivity contribution in [2.75, 3.05) is 0 Å². The Labute approximate surface area is 100 Å². The summed E-state index contributed by atoms with van der Waals surface area (Å²) in [5.74, 6) is -3.45. The zero-order valence-electron chi connectivity index (χ0n) is 9.07. The van der Waals surface area contributed by atoms with Gasteiger partial charge in [-0.1, -0.05) is 30.3 Å². The van der Waals surface area contributed by atoms with Gasteiger partial charge in [-0.15, -0.1) is 0 Å². The highest BCUT2D eigenvalue weighted by Crippen LogP contribution is 2.20. The van der Waals surface area contributed by atoms with Crippen LogP contribution in [0, 0.1) is 0 Å². The minimum absolute atomic E-state index is 0.303. The molecule has 0 aliphatic heterocycles. The second kappa shape index (κ2) is 5.52. The number of carboxylic acids is 1. The van der Waals surface area contributed by atoms with Crippen molar-refractivity contribution in [3.63, 3.8) is 0 Å². The summed E-state index contributed by atoms with van der Waals surface area (Å²) in [4.78, 5) is 21.4. The fraction of sp³-hybridized carbons (Fsp3) is 0.273. The molecule has 1 aromatic rings. The topological polar surface area (TPSA) is 66.4 Å². The van der Waals surface area contributed by atoms with E-state index >= 15 is 0 Å². The van der Waals surface area contributed by atoms with Gasteiger partial charge in [0.05, 0.1) is 12.5 Å². The third kappa shape index (κ3) is 4.08. The lowest BCUT2D eigenvalue weighted by Crippen LogP contribution is -2.39. The van der Waals surface area contributed by atoms with E-state index in [4.69, 9.17) is 5.11 Å². The first-order valence-corrected chi connectivity index (χ1v) is 4.95. The molecule has 0 spiro atoms. The van der Waals surface area contributed by atoms with E-state index in [0.717, 1.165) is 0 Å². The van der Waals surface area contributed by atoms with Crippen LogP contribution in [0.15, 0.2) is 30.3 Å². The molecule has 7 heteroatoms. The number of carbonyl (C=O) groups is 2. The quantitative estimate of drug-likeness (QED) is 0.869. The van der Waals surface area contributed by atoms with Crippen molar-refractivity contribution < 1.29 is 27.9 Å². The van der Waals surface area contributed by atoms with E-state index in [-0.39, 0.29) is 0 Å². The lowest BCUT2D eigenvalue weighted by molar-refractivity contribution is -0.174. The summed E-state index contributed by atoms with van der Waals surface area (Å²) in [6, 6.07) is 6.41. The van der Waals surface area contributed by atoms with E-state index in [1.807, 2.05) is 0 Å². The van der Waals surface area contributed by atoms with E-state index in [1.54, 1.807) is 23.5 Å². The van der Waals surface area contributed by atoms with E-state index < -0.39 is 30.5 Å². The molecular weight excluding hydrogens is 251 g/mol. The standard InChI is InChI=1S/C11H10F3NO3/c12-11(13,14)10(18)15-8(6-9(16)17)7-4-2-1-3-5-7/h1-5,8H,6H2,(H,15,18)(H,16,17)/t8-/m0/s1. The van der Waals surface area contributed by atoms with Crippen molar-refractivity contribution in [2.24, 2.45) is 0 Å². The minimum Gasteiger partial charge on any atom is -0.481 e. The van der Waals surface area contributed by atoms with Crippen LogP contribution in [-0.4, -0.2) is 23.2 Å². The third-order valence-corrected chi connectivity index (χ3v) is 2.14. The van der Waals surface area contributed by atoms with Gasteiger partial charge in [-0.3, -0.25) is 9.59 Å². The predicted octanol–water partition coefficient (Wildman–Crippen LogP) is 1.88. The summed E-state index contributed by atoms with van der Waals surface area (Å²) in [5, 5.41) is 10.3. The van der Waals surface area contributed by atoms with Crippen LogP contribution in [-0.2, 0) is 9.59 Å². The van der Waals surface area contributed by atoms with Crippen molar-refractivity contribution in [3.05, 3.63) is 35.9 Å². The minimum atomic E-state index is -5.04. The molecule has 0 unspecified atom stereocenters. The Kier molecular flexibility index (Phi) is 4.30. The van der Waals surface area contributed by atoms with Gasteiger partial charge in [0.1, 0.15) is 0 Å². The average molecular weight is 261 g/mol. The maximum atomic E-state index is 12.1. The monoisotopic (exact) mass is 261 g/mol. The van der Waals surface area contributed by atoms with Crippen LogP contribution >= 0.6 is 0 Å². The summed E-state index contributed by atoms with van der Waals surface area (Å²) in [6.07, 6.45) is -5.66. The fourth-order valence-electron chi connectivity index (χ4n) is 1.35. The summed E-state index contributed by atoms with van der Waals surface area (Å²) in [7, 11) is 0. The molecule has 0 aliphatic rings.